The molecule has 3 N–H and O–H groups in total. The molecule has 1 atom stereocenters. The van der Waals surface area contributed by atoms with E-state index >= 15 is 0 Å². The molecule has 1 amide bonds. The van der Waals surface area contributed by atoms with Gasteiger partial charge in [-0.05, 0) is 6.07 Å². The molecule has 0 saturated heterocycles. The highest BCUT2D eigenvalue weighted by molar-refractivity contribution is 5.81. The molecule has 0 spiro atoms. The van der Waals surface area contributed by atoms with E-state index in [0.717, 1.165) is 17.7 Å². The van der Waals surface area contributed by atoms with Gasteiger partial charge < -0.3 is 25.3 Å². The van der Waals surface area contributed by atoms with E-state index in [-0.39, 0.29) is 12.5 Å². The lowest BCUT2D eigenvalue weighted by molar-refractivity contribution is -0.123. The highest BCUT2D eigenvalue weighted by Crippen LogP contribution is 2.33. The van der Waals surface area contributed by atoms with Crippen LogP contribution in [0.1, 0.15) is 12.0 Å². The Kier molecular flexibility index (Phi) is 5.20. The molecule has 20 heavy (non-hydrogen) atoms. The minimum Gasteiger partial charge on any atom is -0.490 e. The van der Waals surface area contributed by atoms with Crippen LogP contribution in [-0.4, -0.2) is 38.9 Å². The first-order valence-electron chi connectivity index (χ1n) is 6.62. The maximum atomic E-state index is 11.8. The molecule has 1 heterocycles. The minimum absolute atomic E-state index is 0.193. The van der Waals surface area contributed by atoms with Gasteiger partial charge in [-0.15, -0.1) is 0 Å². The van der Waals surface area contributed by atoms with Crippen molar-refractivity contribution in [1.82, 2.24) is 5.32 Å². The van der Waals surface area contributed by atoms with Crippen molar-refractivity contribution < 1.29 is 19.0 Å². The Labute approximate surface area is 118 Å². The molecule has 1 aliphatic heterocycles. The maximum Gasteiger partial charge on any atom is 0.239 e. The van der Waals surface area contributed by atoms with Crippen molar-refractivity contribution in [2.45, 2.75) is 19.0 Å². The van der Waals surface area contributed by atoms with Gasteiger partial charge in [0.05, 0.1) is 19.8 Å². The van der Waals surface area contributed by atoms with Crippen LogP contribution in [0.2, 0.25) is 0 Å². The average Bonchev–Trinajstić information content (AvgIpc) is 2.70. The molecular formula is C14H20N2O4. The zero-order valence-corrected chi connectivity index (χ0v) is 11.6. The topological polar surface area (TPSA) is 82.8 Å². The van der Waals surface area contributed by atoms with Gasteiger partial charge in [-0.3, -0.25) is 4.79 Å². The molecule has 0 bridgehead atoms. The molecule has 1 unspecified atom stereocenters. The molecule has 0 saturated carbocycles. The summed E-state index contributed by atoms with van der Waals surface area (Å²) in [4.78, 5) is 11.8. The summed E-state index contributed by atoms with van der Waals surface area (Å²) in [5.74, 6) is 1.17. The van der Waals surface area contributed by atoms with E-state index in [4.69, 9.17) is 19.9 Å². The predicted octanol–water partition coefficient (Wildman–Crippen LogP) is 0.438. The van der Waals surface area contributed by atoms with Crippen LogP contribution in [0.3, 0.4) is 0 Å². The Hall–Kier alpha value is -1.79. The number of hydrogen-bond donors (Lipinski definition) is 2. The summed E-state index contributed by atoms with van der Waals surface area (Å²) < 4.78 is 16.1. The zero-order chi connectivity index (χ0) is 14.4. The summed E-state index contributed by atoms with van der Waals surface area (Å²) in [6.07, 6.45) is 0.846. The van der Waals surface area contributed by atoms with E-state index in [1.165, 1.54) is 7.11 Å². The fourth-order valence-electron chi connectivity index (χ4n) is 1.96. The van der Waals surface area contributed by atoms with E-state index in [1.54, 1.807) is 0 Å². The smallest absolute Gasteiger partial charge is 0.239 e. The quantitative estimate of drug-likeness (QED) is 0.817. The molecule has 1 aromatic carbocycles. The van der Waals surface area contributed by atoms with E-state index < -0.39 is 6.04 Å². The number of nitrogens with two attached hydrogens (primary N) is 1. The fourth-order valence-corrected chi connectivity index (χ4v) is 1.96. The van der Waals surface area contributed by atoms with Gasteiger partial charge in [0.15, 0.2) is 11.5 Å². The van der Waals surface area contributed by atoms with Gasteiger partial charge in [0.1, 0.15) is 6.04 Å². The van der Waals surface area contributed by atoms with Crippen LogP contribution in [0.25, 0.3) is 0 Å². The lowest BCUT2D eigenvalue weighted by Gasteiger charge is -2.14. The van der Waals surface area contributed by atoms with Gasteiger partial charge in [-0.25, -0.2) is 0 Å². The third kappa shape index (κ3) is 3.61. The number of methoxy groups -OCH3 is 1. The van der Waals surface area contributed by atoms with Gasteiger partial charge in [0.2, 0.25) is 5.91 Å². The Morgan fingerprint density at radius 1 is 1.45 bits per heavy atom. The highest BCUT2D eigenvalue weighted by Gasteiger charge is 2.17. The summed E-state index contributed by atoms with van der Waals surface area (Å²) in [6, 6.07) is 4.97. The number of para-hydroxylation sites is 1. The Balaban J connectivity index is 2.01. The number of amides is 1. The van der Waals surface area contributed by atoms with Crippen molar-refractivity contribution in [3.8, 4) is 11.5 Å². The second-order valence-electron chi connectivity index (χ2n) is 4.57. The Bertz CT molecular complexity index is 464. The van der Waals surface area contributed by atoms with Crippen LogP contribution < -0.4 is 20.5 Å². The normalized spacial score (nSPS) is 15.3. The Morgan fingerprint density at radius 3 is 3.05 bits per heavy atom. The fraction of sp³-hybridized carbons (Fsp3) is 0.500. The predicted molar refractivity (Wildman–Crippen MR) is 73.7 cm³/mol. The molecule has 0 fully saturated rings. The summed E-state index contributed by atoms with van der Waals surface area (Å²) >= 11 is 0. The molecule has 110 valence electrons. The molecular weight excluding hydrogens is 260 g/mol. The third-order valence-electron chi connectivity index (χ3n) is 2.99. The van der Waals surface area contributed by atoms with Crippen molar-refractivity contribution in [3.05, 3.63) is 23.8 Å². The van der Waals surface area contributed by atoms with Crippen LogP contribution >= 0.6 is 0 Å². The molecule has 0 radical (unpaired) electrons. The molecule has 6 heteroatoms. The molecule has 6 nitrogen and oxygen atoms in total. The van der Waals surface area contributed by atoms with E-state index in [1.807, 2.05) is 18.2 Å². The van der Waals surface area contributed by atoms with E-state index in [9.17, 15) is 4.79 Å². The van der Waals surface area contributed by atoms with Crippen LogP contribution in [0.4, 0.5) is 0 Å². The van der Waals surface area contributed by atoms with Crippen LogP contribution in [-0.2, 0) is 16.1 Å². The molecule has 1 aliphatic rings. The van der Waals surface area contributed by atoms with Crippen molar-refractivity contribution >= 4 is 5.91 Å². The van der Waals surface area contributed by atoms with Gasteiger partial charge in [-0.1, -0.05) is 12.1 Å². The molecule has 2 rings (SSSR count). The highest BCUT2D eigenvalue weighted by atomic mass is 16.5. The van der Waals surface area contributed by atoms with Crippen molar-refractivity contribution in [3.63, 3.8) is 0 Å². The number of hydrogen-bond acceptors (Lipinski definition) is 5. The second kappa shape index (κ2) is 7.12. The third-order valence-corrected chi connectivity index (χ3v) is 2.99. The summed E-state index contributed by atoms with van der Waals surface area (Å²) in [5.41, 5.74) is 6.54. The minimum atomic E-state index is -0.667. The summed E-state index contributed by atoms with van der Waals surface area (Å²) in [7, 11) is 1.51. The number of carbonyl (C=O) groups is 1. The van der Waals surface area contributed by atoms with Gasteiger partial charge >= 0.3 is 0 Å². The molecule has 1 aromatic rings. The first kappa shape index (κ1) is 14.6. The Morgan fingerprint density at radius 2 is 2.25 bits per heavy atom. The van der Waals surface area contributed by atoms with Gasteiger partial charge in [0, 0.05) is 25.6 Å². The number of fused-ring (bicyclic) bond motifs is 1. The van der Waals surface area contributed by atoms with Gasteiger partial charge in [0.25, 0.3) is 0 Å². The number of benzene rings is 1. The number of carbonyl (C=O) groups excluding carboxylic acids is 1. The number of rotatable bonds is 5. The standard InChI is InChI=1S/C14H20N2O4/c1-18-9-11(15)14(17)16-8-10-4-2-5-12-13(10)20-7-3-6-19-12/h2,4-5,11H,3,6-9,15H2,1H3,(H,16,17). The first-order valence-corrected chi connectivity index (χ1v) is 6.62. The molecule has 0 aliphatic carbocycles. The van der Waals surface area contributed by atoms with E-state index in [2.05, 4.69) is 5.32 Å². The lowest BCUT2D eigenvalue weighted by atomic mass is 10.1. The first-order chi connectivity index (χ1) is 9.72. The summed E-state index contributed by atoms with van der Waals surface area (Å²) in [6.45, 7) is 1.80. The van der Waals surface area contributed by atoms with Crippen LogP contribution in [0, 0.1) is 0 Å². The van der Waals surface area contributed by atoms with Crippen molar-refractivity contribution in [2.75, 3.05) is 26.9 Å². The monoisotopic (exact) mass is 280 g/mol. The van der Waals surface area contributed by atoms with E-state index in [0.29, 0.717) is 25.5 Å². The van der Waals surface area contributed by atoms with Crippen LogP contribution in [0.5, 0.6) is 11.5 Å². The van der Waals surface area contributed by atoms with Crippen LogP contribution in [0.15, 0.2) is 18.2 Å². The largest absolute Gasteiger partial charge is 0.490 e. The second-order valence-corrected chi connectivity index (χ2v) is 4.57. The van der Waals surface area contributed by atoms with Crippen molar-refractivity contribution in [2.24, 2.45) is 5.73 Å². The average molecular weight is 280 g/mol. The summed E-state index contributed by atoms with van der Waals surface area (Å²) in [5, 5.41) is 2.77. The zero-order valence-electron chi connectivity index (χ0n) is 11.6. The van der Waals surface area contributed by atoms with Crippen molar-refractivity contribution in [1.29, 1.82) is 0 Å². The SMILES string of the molecule is COCC(N)C(=O)NCc1cccc2c1OCCCO2. The lowest BCUT2D eigenvalue weighted by Crippen LogP contribution is -2.43. The molecule has 0 aromatic heterocycles. The number of ether oxygens (including phenoxy) is 3. The van der Waals surface area contributed by atoms with Gasteiger partial charge in [-0.2, -0.15) is 0 Å². The maximum absolute atomic E-state index is 11.8. The number of nitrogens with one attached hydrogen (secondary N) is 1.